The number of nitrogens with one attached hydrogen (secondary N) is 1. The highest BCUT2D eigenvalue weighted by atomic mass is 16.5. The number of hydrogen-bond donors (Lipinski definition) is 1. The highest BCUT2D eigenvalue weighted by Gasteiger charge is 2.29. The van der Waals surface area contributed by atoms with Gasteiger partial charge in [-0.3, -0.25) is 9.59 Å². The van der Waals surface area contributed by atoms with E-state index in [9.17, 15) is 14.4 Å². The highest BCUT2D eigenvalue weighted by molar-refractivity contribution is 5.98. The van der Waals surface area contributed by atoms with Gasteiger partial charge in [0.1, 0.15) is 12.3 Å². The standard InChI is InChI=1S/C20H28N2O5/c1-4-26-18(23)12-21-20(25)22-10-6-8-16(13-22)19(24)15-7-5-9-17(11-15)27-14(2)3/h5,7,9,11,14,16H,4,6,8,10,12-13H2,1-3H3,(H,21,25)/t16-/m0/s1. The number of Topliss-reactive ketones (excluding diaryl/α,β-unsaturated/α-hetero) is 1. The summed E-state index contributed by atoms with van der Waals surface area (Å²) in [7, 11) is 0. The lowest BCUT2D eigenvalue weighted by Gasteiger charge is -2.32. The summed E-state index contributed by atoms with van der Waals surface area (Å²) in [5.74, 6) is -0.0679. The molecule has 1 aromatic rings. The van der Waals surface area contributed by atoms with E-state index in [1.54, 1.807) is 30.0 Å². The Kier molecular flexibility index (Phi) is 7.64. The Morgan fingerprint density at radius 2 is 2.07 bits per heavy atom. The van der Waals surface area contributed by atoms with Crippen molar-refractivity contribution in [1.29, 1.82) is 0 Å². The molecule has 1 atom stereocenters. The predicted molar refractivity (Wildman–Crippen MR) is 101 cm³/mol. The van der Waals surface area contributed by atoms with Crippen LogP contribution >= 0.6 is 0 Å². The molecule has 0 radical (unpaired) electrons. The van der Waals surface area contributed by atoms with E-state index in [-0.39, 0.29) is 37.0 Å². The summed E-state index contributed by atoms with van der Waals surface area (Å²) in [6.45, 7) is 6.58. The van der Waals surface area contributed by atoms with E-state index >= 15 is 0 Å². The van der Waals surface area contributed by atoms with Crippen LogP contribution in [0.3, 0.4) is 0 Å². The summed E-state index contributed by atoms with van der Waals surface area (Å²) in [6, 6.07) is 6.80. The van der Waals surface area contributed by atoms with E-state index < -0.39 is 5.97 Å². The molecule has 1 aliphatic rings. The SMILES string of the molecule is CCOC(=O)CNC(=O)N1CCC[C@H](C(=O)c2cccc(OC(C)C)c2)C1. The Hall–Kier alpha value is -2.57. The molecular formula is C20H28N2O5. The van der Waals surface area contributed by atoms with Crippen molar-refractivity contribution in [3.05, 3.63) is 29.8 Å². The fraction of sp³-hybridized carbons (Fsp3) is 0.550. The van der Waals surface area contributed by atoms with Crippen LogP contribution in [0.1, 0.15) is 44.0 Å². The highest BCUT2D eigenvalue weighted by Crippen LogP contribution is 2.23. The molecule has 7 heteroatoms. The summed E-state index contributed by atoms with van der Waals surface area (Å²) >= 11 is 0. The van der Waals surface area contributed by atoms with Gasteiger partial charge in [-0.05, 0) is 45.7 Å². The van der Waals surface area contributed by atoms with Gasteiger partial charge >= 0.3 is 12.0 Å². The Labute approximate surface area is 160 Å². The number of carbonyl (C=O) groups is 3. The second kappa shape index (κ2) is 9.94. The van der Waals surface area contributed by atoms with E-state index in [1.807, 2.05) is 19.9 Å². The lowest BCUT2D eigenvalue weighted by Crippen LogP contribution is -2.48. The third-order valence-corrected chi connectivity index (χ3v) is 4.26. The first-order valence-electron chi connectivity index (χ1n) is 9.40. The molecule has 1 heterocycles. The molecule has 148 valence electrons. The molecule has 1 N–H and O–H groups in total. The molecule has 2 rings (SSSR count). The Balaban J connectivity index is 1.95. The number of carbonyl (C=O) groups excluding carboxylic acids is 3. The number of ether oxygens (including phenoxy) is 2. The zero-order valence-electron chi connectivity index (χ0n) is 16.2. The largest absolute Gasteiger partial charge is 0.491 e. The fourth-order valence-electron chi connectivity index (χ4n) is 3.08. The topological polar surface area (TPSA) is 84.9 Å². The van der Waals surface area contributed by atoms with Crippen molar-refractivity contribution in [1.82, 2.24) is 10.2 Å². The average molecular weight is 376 g/mol. The fourth-order valence-corrected chi connectivity index (χ4v) is 3.08. The molecule has 27 heavy (non-hydrogen) atoms. The van der Waals surface area contributed by atoms with Crippen LogP contribution in [-0.2, 0) is 9.53 Å². The minimum absolute atomic E-state index is 0.00657. The van der Waals surface area contributed by atoms with Crippen molar-refractivity contribution in [2.45, 2.75) is 39.7 Å². The van der Waals surface area contributed by atoms with Gasteiger partial charge in [0.25, 0.3) is 0 Å². The molecule has 0 spiro atoms. The second-order valence-electron chi connectivity index (χ2n) is 6.81. The first-order chi connectivity index (χ1) is 12.9. The van der Waals surface area contributed by atoms with Gasteiger partial charge in [-0.25, -0.2) is 4.79 Å². The molecule has 1 saturated heterocycles. The second-order valence-corrected chi connectivity index (χ2v) is 6.81. The molecule has 0 bridgehead atoms. The van der Waals surface area contributed by atoms with Gasteiger partial charge in [-0.15, -0.1) is 0 Å². The first-order valence-corrected chi connectivity index (χ1v) is 9.40. The minimum Gasteiger partial charge on any atom is -0.491 e. The van der Waals surface area contributed by atoms with Crippen molar-refractivity contribution in [3.8, 4) is 5.75 Å². The van der Waals surface area contributed by atoms with Crippen molar-refractivity contribution in [3.63, 3.8) is 0 Å². The number of amides is 2. The summed E-state index contributed by atoms with van der Waals surface area (Å²) in [5.41, 5.74) is 0.590. The van der Waals surface area contributed by atoms with E-state index in [4.69, 9.17) is 9.47 Å². The maximum Gasteiger partial charge on any atom is 0.325 e. The van der Waals surface area contributed by atoms with Crippen LogP contribution in [0.25, 0.3) is 0 Å². The molecule has 0 saturated carbocycles. The molecule has 2 amide bonds. The zero-order chi connectivity index (χ0) is 19.8. The smallest absolute Gasteiger partial charge is 0.325 e. The summed E-state index contributed by atoms with van der Waals surface area (Å²) in [4.78, 5) is 38.1. The monoisotopic (exact) mass is 376 g/mol. The lowest BCUT2D eigenvalue weighted by molar-refractivity contribution is -0.141. The van der Waals surface area contributed by atoms with Gasteiger partial charge in [0.15, 0.2) is 5.78 Å². The van der Waals surface area contributed by atoms with Gasteiger partial charge in [-0.2, -0.15) is 0 Å². The van der Waals surface area contributed by atoms with Crippen LogP contribution in [-0.4, -0.2) is 55.0 Å². The van der Waals surface area contributed by atoms with Crippen LogP contribution in [0, 0.1) is 5.92 Å². The Bertz CT molecular complexity index is 674. The third kappa shape index (κ3) is 6.27. The van der Waals surface area contributed by atoms with Gasteiger partial charge in [0, 0.05) is 24.6 Å². The molecule has 1 aliphatic heterocycles. The predicted octanol–water partition coefficient (Wildman–Crippen LogP) is 2.64. The third-order valence-electron chi connectivity index (χ3n) is 4.26. The zero-order valence-corrected chi connectivity index (χ0v) is 16.2. The number of rotatable bonds is 7. The maximum absolute atomic E-state index is 12.9. The number of likely N-dealkylation sites (tertiary alicyclic amines) is 1. The first kappa shape index (κ1) is 20.7. The summed E-state index contributed by atoms with van der Waals surface area (Å²) in [5, 5.41) is 2.55. The van der Waals surface area contributed by atoms with E-state index in [0.717, 1.165) is 12.8 Å². The van der Waals surface area contributed by atoms with Crippen LogP contribution < -0.4 is 10.1 Å². The number of urea groups is 1. The van der Waals surface area contributed by atoms with Crippen LogP contribution in [0.2, 0.25) is 0 Å². The number of nitrogens with zero attached hydrogens (tertiary/aromatic N) is 1. The maximum atomic E-state index is 12.9. The summed E-state index contributed by atoms with van der Waals surface area (Å²) in [6.07, 6.45) is 1.50. The Morgan fingerprint density at radius 3 is 2.78 bits per heavy atom. The molecule has 0 aromatic heterocycles. The van der Waals surface area contributed by atoms with Gasteiger partial charge in [0.2, 0.25) is 0 Å². The number of ketones is 1. The Morgan fingerprint density at radius 1 is 1.30 bits per heavy atom. The molecule has 0 aliphatic carbocycles. The van der Waals surface area contributed by atoms with Crippen LogP contribution in [0.15, 0.2) is 24.3 Å². The molecule has 0 unspecified atom stereocenters. The molecular weight excluding hydrogens is 348 g/mol. The van der Waals surface area contributed by atoms with Crippen molar-refractivity contribution < 1.29 is 23.9 Å². The average Bonchev–Trinajstić information content (AvgIpc) is 2.65. The van der Waals surface area contributed by atoms with E-state index in [2.05, 4.69) is 5.32 Å². The molecule has 7 nitrogen and oxygen atoms in total. The number of hydrogen-bond acceptors (Lipinski definition) is 5. The van der Waals surface area contributed by atoms with Crippen LogP contribution in [0.5, 0.6) is 5.75 Å². The normalized spacial score (nSPS) is 16.7. The minimum atomic E-state index is -0.475. The quantitative estimate of drug-likeness (QED) is 0.584. The number of esters is 1. The van der Waals surface area contributed by atoms with Gasteiger partial charge in [0.05, 0.1) is 12.7 Å². The number of piperidine rings is 1. The lowest BCUT2D eigenvalue weighted by atomic mass is 9.90. The van der Waals surface area contributed by atoms with Crippen LogP contribution in [0.4, 0.5) is 4.79 Å². The summed E-state index contributed by atoms with van der Waals surface area (Å²) < 4.78 is 10.5. The van der Waals surface area contributed by atoms with Crippen molar-refractivity contribution in [2.24, 2.45) is 5.92 Å². The van der Waals surface area contributed by atoms with Crippen molar-refractivity contribution in [2.75, 3.05) is 26.2 Å². The molecule has 1 fully saturated rings. The van der Waals surface area contributed by atoms with Crippen molar-refractivity contribution >= 4 is 17.8 Å². The molecule has 1 aromatic carbocycles. The van der Waals surface area contributed by atoms with E-state index in [1.165, 1.54) is 0 Å². The van der Waals surface area contributed by atoms with Gasteiger partial charge < -0.3 is 19.7 Å². The number of benzene rings is 1. The van der Waals surface area contributed by atoms with Gasteiger partial charge in [-0.1, -0.05) is 12.1 Å². The van der Waals surface area contributed by atoms with E-state index in [0.29, 0.717) is 24.4 Å².